The van der Waals surface area contributed by atoms with E-state index in [2.05, 4.69) is 9.73 Å². The summed E-state index contributed by atoms with van der Waals surface area (Å²) in [5.41, 5.74) is 3.21. The first kappa shape index (κ1) is 14.6. The van der Waals surface area contributed by atoms with Crippen molar-refractivity contribution in [1.29, 1.82) is 0 Å². The number of benzene rings is 1. The summed E-state index contributed by atoms with van der Waals surface area (Å²) in [4.78, 5) is 3.47. The van der Waals surface area contributed by atoms with Crippen molar-refractivity contribution in [3.8, 4) is 5.75 Å². The Balaban J connectivity index is 3.44. The molecule has 0 amide bonds. The highest BCUT2D eigenvalue weighted by Gasteiger charge is 2.36. The third-order valence-electron chi connectivity index (χ3n) is 1.97. The number of ether oxygens (including phenoxy) is 1. The Kier molecular flexibility index (Phi) is 4.39. The minimum Gasteiger partial charge on any atom is -0.497 e. The summed E-state index contributed by atoms with van der Waals surface area (Å²) in [7, 11) is 1.16. The SMILES string of the molecule is COc1cc(N=C(N)CCl)c(F)c(C(F)(F)F)c1. The number of nitrogens with two attached hydrogens (primary N) is 1. The number of rotatable bonds is 3. The zero-order chi connectivity index (χ0) is 13.9. The van der Waals surface area contributed by atoms with Crippen molar-refractivity contribution in [2.75, 3.05) is 13.0 Å². The molecule has 3 nitrogen and oxygen atoms in total. The summed E-state index contributed by atoms with van der Waals surface area (Å²) in [5, 5.41) is 0. The molecule has 0 saturated heterocycles. The van der Waals surface area contributed by atoms with Crippen LogP contribution in [-0.2, 0) is 6.18 Å². The molecule has 0 heterocycles. The van der Waals surface area contributed by atoms with Gasteiger partial charge in [-0.1, -0.05) is 0 Å². The van der Waals surface area contributed by atoms with Crippen LogP contribution >= 0.6 is 11.6 Å². The van der Waals surface area contributed by atoms with Crippen LogP contribution in [0.25, 0.3) is 0 Å². The number of methoxy groups -OCH3 is 1. The van der Waals surface area contributed by atoms with Gasteiger partial charge in [-0.3, -0.25) is 0 Å². The summed E-state index contributed by atoms with van der Waals surface area (Å²) in [6, 6.07) is 1.55. The summed E-state index contributed by atoms with van der Waals surface area (Å²) >= 11 is 5.33. The molecule has 1 aromatic carbocycles. The molecule has 0 aliphatic carbocycles. The van der Waals surface area contributed by atoms with Crippen molar-refractivity contribution >= 4 is 23.1 Å². The molecule has 1 rings (SSSR count). The van der Waals surface area contributed by atoms with Crippen LogP contribution in [0.15, 0.2) is 17.1 Å². The van der Waals surface area contributed by atoms with E-state index < -0.39 is 23.2 Å². The number of nitrogens with zero attached hydrogens (tertiary/aromatic N) is 1. The van der Waals surface area contributed by atoms with Crippen molar-refractivity contribution in [3.05, 3.63) is 23.5 Å². The maximum atomic E-state index is 13.6. The number of halogens is 5. The van der Waals surface area contributed by atoms with Gasteiger partial charge in [-0.25, -0.2) is 9.38 Å². The Morgan fingerprint density at radius 3 is 2.50 bits per heavy atom. The number of aliphatic imine (C=N–C) groups is 1. The van der Waals surface area contributed by atoms with E-state index in [1.165, 1.54) is 0 Å². The Hall–Kier alpha value is -1.50. The van der Waals surface area contributed by atoms with Gasteiger partial charge >= 0.3 is 6.18 Å². The molecule has 0 aliphatic heterocycles. The second kappa shape index (κ2) is 5.43. The van der Waals surface area contributed by atoms with Crippen molar-refractivity contribution in [2.45, 2.75) is 6.18 Å². The van der Waals surface area contributed by atoms with E-state index >= 15 is 0 Å². The van der Waals surface area contributed by atoms with Crippen LogP contribution in [0, 0.1) is 5.82 Å². The second-order valence-electron chi connectivity index (χ2n) is 3.24. The van der Waals surface area contributed by atoms with Crippen LogP contribution in [0.3, 0.4) is 0 Å². The Morgan fingerprint density at radius 1 is 1.44 bits per heavy atom. The number of amidine groups is 1. The van der Waals surface area contributed by atoms with E-state index in [4.69, 9.17) is 17.3 Å². The van der Waals surface area contributed by atoms with Crippen LogP contribution in [0.4, 0.5) is 23.2 Å². The highest BCUT2D eigenvalue weighted by Crippen LogP contribution is 2.38. The van der Waals surface area contributed by atoms with Gasteiger partial charge in [-0.2, -0.15) is 13.2 Å². The zero-order valence-corrected chi connectivity index (χ0v) is 9.94. The topological polar surface area (TPSA) is 47.6 Å². The van der Waals surface area contributed by atoms with Gasteiger partial charge in [0.15, 0.2) is 5.82 Å². The molecule has 0 saturated carbocycles. The van der Waals surface area contributed by atoms with Gasteiger partial charge in [0.25, 0.3) is 0 Å². The quantitative estimate of drug-likeness (QED) is 0.401. The van der Waals surface area contributed by atoms with Crippen molar-refractivity contribution in [3.63, 3.8) is 0 Å². The first-order valence-electron chi connectivity index (χ1n) is 4.63. The standard InChI is InChI=1S/C10H9ClF4N2O/c1-18-5-2-6(10(13,14)15)9(12)7(3-5)17-8(16)4-11/h2-3H,4H2,1H3,(H2,16,17). The molecule has 0 atom stereocenters. The van der Waals surface area contributed by atoms with Crippen molar-refractivity contribution in [1.82, 2.24) is 0 Å². The van der Waals surface area contributed by atoms with Crippen LogP contribution in [0.5, 0.6) is 5.75 Å². The van der Waals surface area contributed by atoms with Gasteiger partial charge in [0.2, 0.25) is 0 Å². The predicted octanol–water partition coefficient (Wildman–Crippen LogP) is 3.08. The smallest absolute Gasteiger partial charge is 0.419 e. The highest BCUT2D eigenvalue weighted by atomic mass is 35.5. The first-order chi connectivity index (χ1) is 8.29. The normalized spacial score (nSPS) is 12.7. The monoisotopic (exact) mass is 284 g/mol. The molecular weight excluding hydrogens is 276 g/mol. The van der Waals surface area contributed by atoms with Crippen LogP contribution in [-0.4, -0.2) is 18.8 Å². The van der Waals surface area contributed by atoms with Crippen molar-refractivity contribution < 1.29 is 22.3 Å². The molecule has 0 fully saturated rings. The molecule has 2 N–H and O–H groups in total. The number of hydrogen-bond acceptors (Lipinski definition) is 2. The summed E-state index contributed by atoms with van der Waals surface area (Å²) in [5.74, 6) is -2.11. The third-order valence-corrected chi connectivity index (χ3v) is 2.24. The number of hydrogen-bond donors (Lipinski definition) is 1. The Labute approximate surface area is 105 Å². The van der Waals surface area contributed by atoms with Crippen molar-refractivity contribution in [2.24, 2.45) is 10.7 Å². The molecule has 100 valence electrons. The fourth-order valence-corrected chi connectivity index (χ4v) is 1.23. The zero-order valence-electron chi connectivity index (χ0n) is 9.18. The van der Waals surface area contributed by atoms with E-state index in [-0.39, 0.29) is 17.5 Å². The van der Waals surface area contributed by atoms with Crippen LogP contribution in [0.1, 0.15) is 5.56 Å². The summed E-state index contributed by atoms with van der Waals surface area (Å²) < 4.78 is 55.9. The maximum Gasteiger partial charge on any atom is 0.419 e. The Bertz CT molecular complexity index is 474. The van der Waals surface area contributed by atoms with Crippen LogP contribution < -0.4 is 10.5 Å². The minimum absolute atomic E-state index is 0.176. The van der Waals surface area contributed by atoms with Gasteiger partial charge in [0, 0.05) is 6.07 Å². The number of alkyl halides is 4. The lowest BCUT2D eigenvalue weighted by Gasteiger charge is -2.11. The molecule has 0 unspecified atom stereocenters. The van der Waals surface area contributed by atoms with Gasteiger partial charge in [-0.15, -0.1) is 11.6 Å². The molecule has 0 radical (unpaired) electrons. The average Bonchev–Trinajstić information content (AvgIpc) is 2.29. The maximum absolute atomic E-state index is 13.6. The molecule has 0 spiro atoms. The van der Waals surface area contributed by atoms with Gasteiger partial charge < -0.3 is 10.5 Å². The fraction of sp³-hybridized carbons (Fsp3) is 0.300. The van der Waals surface area contributed by atoms with E-state index in [9.17, 15) is 17.6 Å². The molecular formula is C10H9ClF4N2O. The van der Waals surface area contributed by atoms with Gasteiger partial charge in [-0.05, 0) is 6.07 Å². The first-order valence-corrected chi connectivity index (χ1v) is 5.16. The second-order valence-corrected chi connectivity index (χ2v) is 3.51. The molecule has 1 aromatic rings. The molecule has 0 aliphatic rings. The molecule has 0 aromatic heterocycles. The van der Waals surface area contributed by atoms with E-state index in [0.29, 0.717) is 6.07 Å². The average molecular weight is 285 g/mol. The highest BCUT2D eigenvalue weighted by molar-refractivity contribution is 6.28. The predicted molar refractivity (Wildman–Crippen MR) is 60.0 cm³/mol. The van der Waals surface area contributed by atoms with E-state index in [1.54, 1.807) is 0 Å². The molecule has 8 heteroatoms. The summed E-state index contributed by atoms with van der Waals surface area (Å²) in [6.45, 7) is 0. The summed E-state index contributed by atoms with van der Waals surface area (Å²) in [6.07, 6.45) is -4.85. The van der Waals surface area contributed by atoms with E-state index in [1.807, 2.05) is 0 Å². The Morgan fingerprint density at radius 2 is 2.06 bits per heavy atom. The van der Waals surface area contributed by atoms with Crippen LogP contribution in [0.2, 0.25) is 0 Å². The lowest BCUT2D eigenvalue weighted by molar-refractivity contribution is -0.140. The fourth-order valence-electron chi connectivity index (χ4n) is 1.17. The third kappa shape index (κ3) is 3.25. The van der Waals surface area contributed by atoms with E-state index in [0.717, 1.165) is 13.2 Å². The lowest BCUT2D eigenvalue weighted by atomic mass is 10.1. The minimum atomic E-state index is -4.85. The van der Waals surface area contributed by atoms with Gasteiger partial charge in [0.05, 0.1) is 18.6 Å². The largest absolute Gasteiger partial charge is 0.497 e. The molecule has 0 bridgehead atoms. The lowest BCUT2D eigenvalue weighted by Crippen LogP contribution is -2.13. The molecule has 18 heavy (non-hydrogen) atoms. The van der Waals surface area contributed by atoms with Gasteiger partial charge in [0.1, 0.15) is 17.3 Å².